The fraction of sp³-hybridized carbons (Fsp3) is 0.395. The third kappa shape index (κ3) is 32.0. The van der Waals surface area contributed by atoms with Crippen molar-refractivity contribution in [2.75, 3.05) is 92.9 Å². The van der Waals surface area contributed by atoms with Gasteiger partial charge < -0.3 is 85.3 Å². The molecule has 22 nitrogen and oxygen atoms in total. The molecule has 0 amide bonds. The number of alkyl halides is 12. The molecule has 4 aliphatic heterocycles. The number of esters is 4. The number of benzene rings is 8. The standard InChI is InChI=1S/C21H20F4O6.C21H21F3O6.C20H18F4O5.C20H19F3O5.4CH4/c1-2-20(10-27-11-20)12-28-13-29-15-5-3-14(4-6-15)19(26)30-16-7-8-18(17(22)9-16)31-21(23,24)25;1-2-20(11-26-12-20)13-27-14-28-16-5-3-15(4-6-16)19(25)29-17-7-9-18(10-8-17)30-21(22,23)24;1-2-19(10-26-11-19)12-27-14-5-3-13(4-6-14)18(25)28-15-7-8-17(16(21)9-15)29-20(22,23)24;1-2-19(11-25-12-19)13-26-15-5-3-14(4-6-15)18(24)27-16-7-9-17(10-8-16)28-20(21,22)23;;;;/h3-9H,2,10-13H2,1H3;3-10H,2,11-14H2,1H3;3-9H,2,10-12H2,1H3;3-10H,2,11-13H2,1H3;4*1H4. The van der Waals surface area contributed by atoms with Gasteiger partial charge >= 0.3 is 49.3 Å². The Morgan fingerprint density at radius 1 is 0.287 bits per heavy atom. The maximum Gasteiger partial charge on any atom is 0.573 e. The van der Waals surface area contributed by atoms with Crippen molar-refractivity contribution in [3.63, 3.8) is 0 Å². The van der Waals surface area contributed by atoms with Crippen LogP contribution in [0.25, 0.3) is 0 Å². The van der Waals surface area contributed by atoms with E-state index >= 15 is 0 Å². The predicted molar refractivity (Wildman–Crippen MR) is 413 cm³/mol. The maximum atomic E-state index is 13.7. The average Bonchev–Trinajstić information content (AvgIpc) is 1.78. The zero-order valence-electron chi connectivity index (χ0n) is 63.3. The molecule has 0 unspecified atom stereocenters. The first-order valence-electron chi connectivity index (χ1n) is 36.1. The summed E-state index contributed by atoms with van der Waals surface area (Å²) >= 11 is 0. The van der Waals surface area contributed by atoms with Gasteiger partial charge in [0.05, 0.1) is 112 Å². The van der Waals surface area contributed by atoms with Crippen LogP contribution in [0, 0.1) is 33.3 Å². The molecule has 36 heteroatoms. The van der Waals surface area contributed by atoms with Crippen molar-refractivity contribution >= 4 is 23.9 Å². The number of ether oxygens (including phenoxy) is 18. The van der Waals surface area contributed by atoms with Gasteiger partial charge in [0.1, 0.15) is 57.5 Å². The highest BCUT2D eigenvalue weighted by Gasteiger charge is 2.41. The minimum atomic E-state index is -5.03. The number of carbonyl (C=O) groups excluding carboxylic acids is 4. The summed E-state index contributed by atoms with van der Waals surface area (Å²) in [5, 5.41) is 0. The Kier molecular flexibility index (Phi) is 37.9. The van der Waals surface area contributed by atoms with Gasteiger partial charge in [-0.05, 0) is 196 Å². The van der Waals surface area contributed by atoms with Crippen molar-refractivity contribution in [3.8, 4) is 69.0 Å². The van der Waals surface area contributed by atoms with E-state index in [1.54, 1.807) is 48.5 Å². The lowest BCUT2D eigenvalue weighted by Gasteiger charge is -2.40. The van der Waals surface area contributed by atoms with Crippen LogP contribution >= 0.6 is 0 Å². The van der Waals surface area contributed by atoms with Crippen molar-refractivity contribution in [1.29, 1.82) is 0 Å². The van der Waals surface area contributed by atoms with Crippen LogP contribution in [0.2, 0.25) is 0 Å². The summed E-state index contributed by atoms with van der Waals surface area (Å²) < 4.78 is 263. The first-order valence-corrected chi connectivity index (χ1v) is 36.1. The van der Waals surface area contributed by atoms with E-state index in [-0.39, 0.29) is 105 Å². The summed E-state index contributed by atoms with van der Waals surface area (Å²) in [6.07, 6.45) is -15.8. The van der Waals surface area contributed by atoms with Crippen LogP contribution in [0.15, 0.2) is 182 Å². The van der Waals surface area contributed by atoms with E-state index in [1.165, 1.54) is 72.8 Å². The van der Waals surface area contributed by atoms with Crippen molar-refractivity contribution in [3.05, 3.63) is 216 Å². The third-order valence-corrected chi connectivity index (χ3v) is 18.4. The summed E-state index contributed by atoms with van der Waals surface area (Å²) in [4.78, 5) is 48.7. The molecule has 8 aromatic rings. The van der Waals surface area contributed by atoms with Gasteiger partial charge in [-0.1, -0.05) is 57.4 Å². The first kappa shape index (κ1) is 101. The molecule has 0 atom stereocenters. The Morgan fingerprint density at radius 2 is 0.500 bits per heavy atom. The normalized spacial score (nSPS) is 14.8. The second-order valence-electron chi connectivity index (χ2n) is 27.2. The summed E-state index contributed by atoms with van der Waals surface area (Å²) in [5.74, 6) is -6.48. The second kappa shape index (κ2) is 45.6. The minimum Gasteiger partial charge on any atom is -0.493 e. The average molecular weight is 1750 g/mol. The molecular weight excluding hydrogens is 1650 g/mol. The molecule has 122 heavy (non-hydrogen) atoms. The van der Waals surface area contributed by atoms with Crippen LogP contribution in [-0.4, -0.2) is 142 Å². The van der Waals surface area contributed by atoms with Gasteiger partial charge in [-0.3, -0.25) is 0 Å². The Bertz CT molecular complexity index is 4510. The Morgan fingerprint density at radius 3 is 0.721 bits per heavy atom. The van der Waals surface area contributed by atoms with Crippen LogP contribution in [0.1, 0.15) is 125 Å². The fourth-order valence-corrected chi connectivity index (χ4v) is 10.7. The molecule has 0 spiro atoms. The van der Waals surface area contributed by atoms with Gasteiger partial charge in [0.15, 0.2) is 36.7 Å². The maximum absolute atomic E-state index is 13.7. The number of rotatable bonds is 32. The van der Waals surface area contributed by atoms with Crippen LogP contribution in [0.3, 0.4) is 0 Å². The molecule has 0 N–H and O–H groups in total. The lowest BCUT2D eigenvalue weighted by atomic mass is 9.84. The topological polar surface area (TPSA) is 234 Å². The number of hydrogen-bond acceptors (Lipinski definition) is 22. The molecule has 0 bridgehead atoms. The zero-order chi connectivity index (χ0) is 85.4. The van der Waals surface area contributed by atoms with Crippen LogP contribution in [0.5, 0.6) is 69.0 Å². The highest BCUT2D eigenvalue weighted by Crippen LogP contribution is 2.38. The third-order valence-electron chi connectivity index (χ3n) is 18.4. The fourth-order valence-electron chi connectivity index (χ4n) is 10.7. The lowest BCUT2D eigenvalue weighted by molar-refractivity contribution is -0.276. The molecule has 8 aromatic carbocycles. The van der Waals surface area contributed by atoms with Gasteiger partial charge in [-0.15, -0.1) is 52.7 Å². The number of hydrogen-bond donors (Lipinski definition) is 0. The molecule has 4 heterocycles. The van der Waals surface area contributed by atoms with Crippen molar-refractivity contribution in [2.45, 2.75) is 109 Å². The molecule has 0 aromatic heterocycles. The Labute approximate surface area is 695 Å². The molecule has 4 fully saturated rings. The largest absolute Gasteiger partial charge is 0.573 e. The van der Waals surface area contributed by atoms with E-state index in [1.807, 2.05) is 0 Å². The molecule has 0 radical (unpaired) electrons. The SMILES string of the molecule is C.C.C.C.CCC1(COCOc2ccc(C(=O)Oc3ccc(OC(F)(F)F)c(F)c3)cc2)COC1.CCC1(COCOc2ccc(C(=O)Oc3ccc(OC(F)(F)F)cc3)cc2)COC1.CCC1(COc2ccc(C(=O)Oc3ccc(OC(F)(F)F)c(F)c3)cc2)COC1.CCC1(COc2ccc(C(=O)Oc3ccc(OC(F)(F)F)cc3)cc2)COC1. The molecule has 12 rings (SSSR count). The first-order chi connectivity index (χ1) is 56.0. The molecule has 4 saturated heterocycles. The smallest absolute Gasteiger partial charge is 0.493 e. The summed E-state index contributed by atoms with van der Waals surface area (Å²) in [5.41, 5.74) is 1.06. The molecular formula is C86H94F14O22. The molecule has 4 aliphatic rings. The van der Waals surface area contributed by atoms with E-state index in [0.717, 1.165) is 74.2 Å². The van der Waals surface area contributed by atoms with E-state index < -0.39 is 84.0 Å². The van der Waals surface area contributed by atoms with Crippen LogP contribution < -0.4 is 56.8 Å². The van der Waals surface area contributed by atoms with Crippen molar-refractivity contribution in [2.24, 2.45) is 21.7 Å². The van der Waals surface area contributed by atoms with Crippen molar-refractivity contribution < 1.29 is 166 Å². The van der Waals surface area contributed by atoms with Crippen LogP contribution in [0.4, 0.5) is 61.5 Å². The van der Waals surface area contributed by atoms with Gasteiger partial charge in [0.25, 0.3) is 0 Å². The highest BCUT2D eigenvalue weighted by molar-refractivity contribution is 5.93. The monoisotopic (exact) mass is 1740 g/mol. The van der Waals surface area contributed by atoms with E-state index in [4.69, 9.17) is 66.3 Å². The Balaban J connectivity index is 0.000000286. The van der Waals surface area contributed by atoms with E-state index in [2.05, 4.69) is 46.6 Å². The van der Waals surface area contributed by atoms with Gasteiger partial charge in [-0.25, -0.2) is 28.0 Å². The zero-order valence-corrected chi connectivity index (χ0v) is 63.3. The Hall–Kier alpha value is -11.2. The van der Waals surface area contributed by atoms with E-state index in [9.17, 15) is 80.6 Å². The predicted octanol–water partition coefficient (Wildman–Crippen LogP) is 21.2. The highest BCUT2D eigenvalue weighted by atomic mass is 19.4. The van der Waals surface area contributed by atoms with Crippen molar-refractivity contribution in [1.82, 2.24) is 0 Å². The molecule has 668 valence electrons. The molecule has 0 aliphatic carbocycles. The van der Waals surface area contributed by atoms with Gasteiger partial charge in [0, 0.05) is 23.0 Å². The van der Waals surface area contributed by atoms with E-state index in [0.29, 0.717) is 120 Å². The quantitative estimate of drug-likeness (QED) is 0.0125. The minimum absolute atomic E-state index is 0. The van der Waals surface area contributed by atoms with Crippen LogP contribution in [-0.2, 0) is 28.4 Å². The number of halogens is 14. The lowest BCUT2D eigenvalue weighted by Crippen LogP contribution is -2.46. The summed E-state index contributed by atoms with van der Waals surface area (Å²) in [6.45, 7) is 15.9. The van der Waals surface area contributed by atoms with Gasteiger partial charge in [-0.2, -0.15) is 0 Å². The second-order valence-corrected chi connectivity index (χ2v) is 27.2. The van der Waals surface area contributed by atoms with Gasteiger partial charge in [0.2, 0.25) is 0 Å². The summed E-state index contributed by atoms with van der Waals surface area (Å²) in [6, 6.07) is 38.6. The molecule has 0 saturated carbocycles. The summed E-state index contributed by atoms with van der Waals surface area (Å²) in [7, 11) is 0. The number of carbonyl (C=O) groups is 4.